The van der Waals surface area contributed by atoms with E-state index in [1.54, 1.807) is 6.07 Å². The Bertz CT molecular complexity index is 1260. The number of nitrogens with zero attached hydrogens (tertiary/aromatic N) is 6. The van der Waals surface area contributed by atoms with E-state index in [0.29, 0.717) is 17.3 Å². The van der Waals surface area contributed by atoms with Crippen molar-refractivity contribution in [3.63, 3.8) is 0 Å². The summed E-state index contributed by atoms with van der Waals surface area (Å²) in [5, 5.41) is 4.89. The van der Waals surface area contributed by atoms with Crippen molar-refractivity contribution in [3.8, 4) is 11.4 Å². The number of benzene rings is 2. The van der Waals surface area contributed by atoms with Gasteiger partial charge in [0.2, 0.25) is 0 Å². The molecule has 0 N–H and O–H groups in total. The van der Waals surface area contributed by atoms with Crippen LogP contribution in [0.1, 0.15) is 24.1 Å². The van der Waals surface area contributed by atoms with Crippen molar-refractivity contribution in [2.24, 2.45) is 0 Å². The number of para-hydroxylation sites is 1. The first-order chi connectivity index (χ1) is 15.8. The number of halogens is 1. The lowest BCUT2D eigenvalue weighted by Gasteiger charge is -2.38. The van der Waals surface area contributed by atoms with Gasteiger partial charge in [-0.1, -0.05) is 42.5 Å². The zero-order valence-corrected chi connectivity index (χ0v) is 17.9. The number of fused-ring (bicyclic) bond motifs is 2. The van der Waals surface area contributed by atoms with Gasteiger partial charge in [-0.3, -0.25) is 0 Å². The molecule has 6 nitrogen and oxygen atoms in total. The lowest BCUT2D eigenvalue weighted by atomic mass is 9.96. The molecule has 4 aromatic rings. The zero-order valence-electron chi connectivity index (χ0n) is 17.9. The van der Waals surface area contributed by atoms with Crippen LogP contribution >= 0.6 is 0 Å². The molecule has 2 aromatic carbocycles. The molecule has 32 heavy (non-hydrogen) atoms. The molecule has 0 atom stereocenters. The van der Waals surface area contributed by atoms with Gasteiger partial charge in [0.05, 0.1) is 11.4 Å². The molecule has 0 radical (unpaired) electrons. The summed E-state index contributed by atoms with van der Waals surface area (Å²) in [6.07, 6.45) is 4.34. The summed E-state index contributed by atoms with van der Waals surface area (Å²) in [6, 6.07) is 17.1. The van der Waals surface area contributed by atoms with Crippen molar-refractivity contribution >= 4 is 17.3 Å². The Morgan fingerprint density at radius 2 is 1.47 bits per heavy atom. The van der Waals surface area contributed by atoms with Gasteiger partial charge in [-0.2, -0.15) is 9.50 Å². The standard InChI is InChI=1S/C25H25FN6/c26-20-11-5-7-13-22(20)30-14-16-31(17-15-30)24-19-10-4-6-12-21(19)27-25-28-23(29-32(24)25)18-8-2-1-3-9-18/h1-3,5,7-9,11,13H,4,6,10,12,14-17H2. The van der Waals surface area contributed by atoms with E-state index in [9.17, 15) is 4.39 Å². The lowest BCUT2D eigenvalue weighted by Crippen LogP contribution is -2.48. The smallest absolute Gasteiger partial charge is 0.254 e. The molecule has 1 saturated heterocycles. The SMILES string of the molecule is Fc1ccccc1N1CCN(c2c3c(nc4nc(-c5ccccc5)nn24)CCCC3)CC1. The summed E-state index contributed by atoms with van der Waals surface area (Å²) in [5.74, 6) is 2.32. The second-order valence-electron chi connectivity index (χ2n) is 8.51. The first-order valence-corrected chi connectivity index (χ1v) is 11.4. The molecular weight excluding hydrogens is 403 g/mol. The van der Waals surface area contributed by atoms with Crippen LogP contribution in [-0.4, -0.2) is 45.8 Å². The molecule has 1 aliphatic carbocycles. The number of aromatic nitrogens is 4. The Labute approximate surface area is 186 Å². The molecule has 2 aliphatic rings. The lowest BCUT2D eigenvalue weighted by molar-refractivity contribution is 0.588. The number of rotatable bonds is 3. The van der Waals surface area contributed by atoms with E-state index < -0.39 is 0 Å². The molecule has 2 aromatic heterocycles. The van der Waals surface area contributed by atoms with Crippen LogP contribution < -0.4 is 9.80 Å². The highest BCUT2D eigenvalue weighted by atomic mass is 19.1. The largest absolute Gasteiger partial charge is 0.366 e. The van der Waals surface area contributed by atoms with Gasteiger partial charge in [-0.25, -0.2) is 9.37 Å². The predicted molar refractivity (Wildman–Crippen MR) is 124 cm³/mol. The van der Waals surface area contributed by atoms with E-state index in [2.05, 4.69) is 9.80 Å². The molecule has 162 valence electrons. The van der Waals surface area contributed by atoms with Gasteiger partial charge in [-0.15, -0.1) is 5.10 Å². The van der Waals surface area contributed by atoms with Crippen LogP contribution in [0.25, 0.3) is 17.2 Å². The van der Waals surface area contributed by atoms with Crippen molar-refractivity contribution in [1.82, 2.24) is 19.6 Å². The minimum Gasteiger partial charge on any atom is -0.366 e. The van der Waals surface area contributed by atoms with Crippen LogP contribution in [0.3, 0.4) is 0 Å². The molecule has 0 saturated carbocycles. The van der Waals surface area contributed by atoms with Crippen molar-refractivity contribution in [2.75, 3.05) is 36.0 Å². The Kier molecular flexibility index (Phi) is 4.74. The molecule has 1 aliphatic heterocycles. The predicted octanol–water partition coefficient (Wildman–Crippen LogP) is 4.14. The monoisotopic (exact) mass is 428 g/mol. The van der Waals surface area contributed by atoms with Gasteiger partial charge in [0.25, 0.3) is 5.78 Å². The Morgan fingerprint density at radius 1 is 0.750 bits per heavy atom. The third-order valence-corrected chi connectivity index (χ3v) is 6.54. The van der Waals surface area contributed by atoms with Crippen molar-refractivity contribution < 1.29 is 4.39 Å². The van der Waals surface area contributed by atoms with Crippen LogP contribution in [0.2, 0.25) is 0 Å². The topological polar surface area (TPSA) is 49.6 Å². The van der Waals surface area contributed by atoms with Crippen molar-refractivity contribution in [1.29, 1.82) is 0 Å². The second kappa shape index (κ2) is 7.89. The molecule has 3 heterocycles. The Hall–Kier alpha value is -3.48. The second-order valence-corrected chi connectivity index (χ2v) is 8.51. The number of hydrogen-bond acceptors (Lipinski definition) is 5. The minimum atomic E-state index is -0.159. The third kappa shape index (κ3) is 3.28. The van der Waals surface area contributed by atoms with Gasteiger partial charge in [0, 0.05) is 37.3 Å². The van der Waals surface area contributed by atoms with E-state index in [-0.39, 0.29) is 5.82 Å². The molecule has 1 fully saturated rings. The van der Waals surface area contributed by atoms with Crippen LogP contribution in [0.4, 0.5) is 15.9 Å². The molecule has 7 heteroatoms. The normalized spacial score (nSPS) is 16.4. The number of hydrogen-bond donors (Lipinski definition) is 0. The minimum absolute atomic E-state index is 0.159. The van der Waals surface area contributed by atoms with E-state index in [4.69, 9.17) is 15.1 Å². The first kappa shape index (κ1) is 19.2. The summed E-state index contributed by atoms with van der Waals surface area (Å²) in [6.45, 7) is 3.14. The maximum Gasteiger partial charge on any atom is 0.254 e. The van der Waals surface area contributed by atoms with Crippen LogP contribution in [0.15, 0.2) is 54.6 Å². The number of anilines is 2. The Morgan fingerprint density at radius 3 is 2.28 bits per heavy atom. The van der Waals surface area contributed by atoms with Gasteiger partial charge >= 0.3 is 0 Å². The first-order valence-electron chi connectivity index (χ1n) is 11.4. The van der Waals surface area contributed by atoms with Crippen LogP contribution in [0.5, 0.6) is 0 Å². The van der Waals surface area contributed by atoms with Crippen molar-refractivity contribution in [3.05, 3.63) is 71.7 Å². The summed E-state index contributed by atoms with van der Waals surface area (Å²) >= 11 is 0. The summed E-state index contributed by atoms with van der Waals surface area (Å²) in [4.78, 5) is 14.2. The number of piperazine rings is 1. The van der Waals surface area contributed by atoms with Gasteiger partial charge < -0.3 is 9.80 Å². The molecule has 0 amide bonds. The summed E-state index contributed by atoms with van der Waals surface area (Å²) in [5.41, 5.74) is 4.13. The third-order valence-electron chi connectivity index (χ3n) is 6.54. The number of aryl methyl sites for hydroxylation is 1. The van der Waals surface area contributed by atoms with Crippen LogP contribution in [-0.2, 0) is 12.8 Å². The maximum atomic E-state index is 14.3. The van der Waals surface area contributed by atoms with E-state index in [1.807, 2.05) is 47.0 Å². The molecule has 6 rings (SSSR count). The van der Waals surface area contributed by atoms with Gasteiger partial charge in [0.1, 0.15) is 11.6 Å². The zero-order chi connectivity index (χ0) is 21.5. The molecule has 0 bridgehead atoms. The average molecular weight is 429 g/mol. The average Bonchev–Trinajstić information content (AvgIpc) is 3.27. The highest BCUT2D eigenvalue weighted by Gasteiger charge is 2.27. The van der Waals surface area contributed by atoms with Crippen molar-refractivity contribution in [2.45, 2.75) is 25.7 Å². The van der Waals surface area contributed by atoms with E-state index >= 15 is 0 Å². The summed E-state index contributed by atoms with van der Waals surface area (Å²) < 4.78 is 16.2. The fraction of sp³-hybridized carbons (Fsp3) is 0.320. The van der Waals surface area contributed by atoms with E-state index in [0.717, 1.165) is 62.5 Å². The van der Waals surface area contributed by atoms with Gasteiger partial charge in [0.15, 0.2) is 5.82 Å². The summed E-state index contributed by atoms with van der Waals surface area (Å²) in [7, 11) is 0. The molecule has 0 spiro atoms. The molecular formula is C25H25FN6. The maximum absolute atomic E-state index is 14.3. The highest BCUT2D eigenvalue weighted by Crippen LogP contribution is 2.32. The van der Waals surface area contributed by atoms with Gasteiger partial charge in [-0.05, 0) is 37.8 Å². The van der Waals surface area contributed by atoms with E-state index in [1.165, 1.54) is 18.1 Å². The molecule has 0 unspecified atom stereocenters. The fourth-order valence-corrected chi connectivity index (χ4v) is 4.92. The fourth-order valence-electron chi connectivity index (χ4n) is 4.92. The highest BCUT2D eigenvalue weighted by molar-refractivity contribution is 5.62. The Balaban J connectivity index is 1.39. The quantitative estimate of drug-likeness (QED) is 0.491. The van der Waals surface area contributed by atoms with Crippen LogP contribution in [0, 0.1) is 5.82 Å².